The summed E-state index contributed by atoms with van der Waals surface area (Å²) in [7, 11) is 2.91. The quantitative estimate of drug-likeness (QED) is 0.634. The van der Waals surface area contributed by atoms with Gasteiger partial charge in [-0.2, -0.15) is 0 Å². The van der Waals surface area contributed by atoms with Crippen LogP contribution in [0.3, 0.4) is 0 Å². The zero-order valence-electron chi connectivity index (χ0n) is 16.5. The molecule has 0 atom stereocenters. The van der Waals surface area contributed by atoms with Crippen LogP contribution in [0, 0.1) is 5.82 Å². The van der Waals surface area contributed by atoms with Gasteiger partial charge in [-0.15, -0.1) is 0 Å². The summed E-state index contributed by atoms with van der Waals surface area (Å²) in [5.74, 6) is 0.394. The summed E-state index contributed by atoms with van der Waals surface area (Å²) in [6.45, 7) is 0.283. The fourth-order valence-corrected chi connectivity index (χ4v) is 2.68. The van der Waals surface area contributed by atoms with Crippen LogP contribution < -0.4 is 21.3 Å². The molecule has 0 saturated heterocycles. The smallest absolute Gasteiger partial charge is 0.330 e. The first-order valence-corrected chi connectivity index (χ1v) is 9.08. The van der Waals surface area contributed by atoms with Crippen molar-refractivity contribution in [3.05, 3.63) is 98.6 Å². The molecule has 0 aliphatic heterocycles. The Morgan fingerprint density at radius 3 is 2.27 bits per heavy atom. The normalized spacial score (nSPS) is 10.9. The minimum absolute atomic E-state index is 0.233. The van der Waals surface area contributed by atoms with Crippen LogP contribution in [0.4, 0.5) is 4.39 Å². The van der Waals surface area contributed by atoms with E-state index in [4.69, 9.17) is 4.74 Å². The Bertz CT molecular complexity index is 1190. The molecule has 1 amide bonds. The number of rotatable bonds is 6. The van der Waals surface area contributed by atoms with E-state index in [2.05, 4.69) is 5.32 Å². The number of benzene rings is 2. The number of aryl methyl sites for hydroxylation is 1. The van der Waals surface area contributed by atoms with E-state index in [-0.39, 0.29) is 23.8 Å². The molecule has 1 N–H and O–H groups in total. The number of nitrogens with zero attached hydrogens (tertiary/aromatic N) is 2. The topological polar surface area (TPSA) is 82.3 Å². The van der Waals surface area contributed by atoms with E-state index in [1.807, 2.05) is 0 Å². The van der Waals surface area contributed by atoms with Gasteiger partial charge in [0.1, 0.15) is 17.3 Å². The molecule has 0 saturated carbocycles. The molecule has 0 bridgehead atoms. The van der Waals surface area contributed by atoms with Crippen molar-refractivity contribution in [1.29, 1.82) is 0 Å². The van der Waals surface area contributed by atoms with Crippen LogP contribution >= 0.6 is 0 Å². The molecule has 0 unspecified atom stereocenters. The molecule has 0 aliphatic rings. The summed E-state index contributed by atoms with van der Waals surface area (Å²) in [5.41, 5.74) is 0.172. The lowest BCUT2D eigenvalue weighted by atomic mass is 10.2. The van der Waals surface area contributed by atoms with Gasteiger partial charge in [0.25, 0.3) is 5.56 Å². The molecule has 2 aromatic carbocycles. The number of hydrogen-bond acceptors (Lipinski definition) is 4. The van der Waals surface area contributed by atoms with Gasteiger partial charge in [0.05, 0.1) is 5.56 Å². The van der Waals surface area contributed by atoms with Gasteiger partial charge >= 0.3 is 5.69 Å². The van der Waals surface area contributed by atoms with Crippen molar-refractivity contribution in [3.63, 3.8) is 0 Å². The Kier molecular flexibility index (Phi) is 6.26. The number of halogens is 1. The zero-order chi connectivity index (χ0) is 21.7. The molecule has 0 spiro atoms. The summed E-state index contributed by atoms with van der Waals surface area (Å²) < 4.78 is 20.8. The van der Waals surface area contributed by atoms with Gasteiger partial charge in [-0.1, -0.05) is 12.1 Å². The largest absolute Gasteiger partial charge is 0.457 e. The minimum Gasteiger partial charge on any atom is -0.457 e. The molecule has 1 heterocycles. The van der Waals surface area contributed by atoms with Crippen LogP contribution in [-0.4, -0.2) is 15.0 Å². The zero-order valence-corrected chi connectivity index (χ0v) is 16.5. The van der Waals surface area contributed by atoms with Gasteiger partial charge < -0.3 is 14.6 Å². The summed E-state index contributed by atoms with van der Waals surface area (Å²) >= 11 is 0. The summed E-state index contributed by atoms with van der Waals surface area (Å²) in [6.07, 6.45) is 4.00. The number of nitrogens with one attached hydrogen (secondary N) is 1. The van der Waals surface area contributed by atoms with Crippen molar-refractivity contribution in [2.45, 2.75) is 6.54 Å². The van der Waals surface area contributed by atoms with Gasteiger partial charge in [0, 0.05) is 32.9 Å². The third-order valence-corrected chi connectivity index (χ3v) is 4.33. The average Bonchev–Trinajstić information content (AvgIpc) is 2.75. The van der Waals surface area contributed by atoms with Crippen molar-refractivity contribution >= 4 is 12.0 Å². The molecule has 8 heteroatoms. The maximum Gasteiger partial charge on any atom is 0.330 e. The predicted molar refractivity (Wildman–Crippen MR) is 111 cm³/mol. The Morgan fingerprint density at radius 1 is 1.03 bits per heavy atom. The maximum absolute atomic E-state index is 12.9. The molecule has 0 fully saturated rings. The van der Waals surface area contributed by atoms with E-state index in [1.165, 1.54) is 61.3 Å². The highest BCUT2D eigenvalue weighted by atomic mass is 19.1. The molecular formula is C22H20FN3O4. The van der Waals surface area contributed by atoms with Crippen LogP contribution in [0.2, 0.25) is 0 Å². The molecule has 7 nitrogen and oxygen atoms in total. The Morgan fingerprint density at radius 2 is 1.63 bits per heavy atom. The highest BCUT2D eigenvalue weighted by Crippen LogP contribution is 2.21. The van der Waals surface area contributed by atoms with E-state index >= 15 is 0 Å². The summed E-state index contributed by atoms with van der Waals surface area (Å²) in [5, 5.41) is 2.72. The standard InChI is InChI=1S/C22H20FN3O4/c1-25-14-16(21(28)26(2)22(25)29)5-12-20(27)24-13-15-3-8-18(9-4-15)30-19-10-6-17(23)7-11-19/h3-12,14H,13H2,1-2H3,(H,24,27)/b12-5+. The number of carbonyl (C=O) groups is 1. The third-order valence-electron chi connectivity index (χ3n) is 4.33. The lowest BCUT2D eigenvalue weighted by molar-refractivity contribution is -0.116. The Labute approximate surface area is 171 Å². The number of aromatic nitrogens is 2. The van der Waals surface area contributed by atoms with Crippen LogP contribution in [0.5, 0.6) is 11.5 Å². The van der Waals surface area contributed by atoms with Crippen LogP contribution in [0.1, 0.15) is 11.1 Å². The summed E-state index contributed by atoms with van der Waals surface area (Å²) in [6, 6.07) is 12.8. The summed E-state index contributed by atoms with van der Waals surface area (Å²) in [4.78, 5) is 35.8. The third kappa shape index (κ3) is 5.11. The molecule has 1 aromatic heterocycles. The fraction of sp³-hybridized carbons (Fsp3) is 0.136. The molecule has 0 aliphatic carbocycles. The van der Waals surface area contributed by atoms with Crippen molar-refractivity contribution < 1.29 is 13.9 Å². The van der Waals surface area contributed by atoms with E-state index in [9.17, 15) is 18.8 Å². The van der Waals surface area contributed by atoms with Crippen LogP contribution in [0.25, 0.3) is 6.08 Å². The highest BCUT2D eigenvalue weighted by Gasteiger charge is 2.05. The van der Waals surface area contributed by atoms with Crippen molar-refractivity contribution in [3.8, 4) is 11.5 Å². The predicted octanol–water partition coefficient (Wildman–Crippen LogP) is 2.34. The SMILES string of the molecule is Cn1cc(/C=C/C(=O)NCc2ccc(Oc3ccc(F)cc3)cc2)c(=O)n(C)c1=O. The first kappa shape index (κ1) is 20.8. The Balaban J connectivity index is 1.57. The van der Waals surface area contributed by atoms with Crippen LogP contribution in [0.15, 0.2) is 70.4 Å². The average molecular weight is 409 g/mol. The van der Waals surface area contributed by atoms with Gasteiger partial charge in [0.2, 0.25) is 5.91 Å². The van der Waals surface area contributed by atoms with E-state index in [1.54, 1.807) is 24.3 Å². The Hall–Kier alpha value is -3.94. The number of hydrogen-bond donors (Lipinski definition) is 1. The number of ether oxygens (including phenoxy) is 1. The van der Waals surface area contributed by atoms with Crippen LogP contribution in [-0.2, 0) is 25.4 Å². The first-order valence-electron chi connectivity index (χ1n) is 9.08. The molecule has 0 radical (unpaired) electrons. The molecular weight excluding hydrogens is 389 g/mol. The fourth-order valence-electron chi connectivity index (χ4n) is 2.68. The molecule has 30 heavy (non-hydrogen) atoms. The monoisotopic (exact) mass is 409 g/mol. The number of carbonyl (C=O) groups excluding carboxylic acids is 1. The molecule has 3 aromatic rings. The van der Waals surface area contributed by atoms with Crippen molar-refractivity contribution in [1.82, 2.24) is 14.5 Å². The van der Waals surface area contributed by atoms with Gasteiger partial charge in [-0.3, -0.25) is 14.2 Å². The van der Waals surface area contributed by atoms with Gasteiger partial charge in [0.15, 0.2) is 0 Å². The van der Waals surface area contributed by atoms with E-state index in [0.717, 1.165) is 10.1 Å². The van der Waals surface area contributed by atoms with E-state index in [0.29, 0.717) is 11.5 Å². The molecule has 154 valence electrons. The van der Waals surface area contributed by atoms with Gasteiger partial charge in [-0.25, -0.2) is 9.18 Å². The van der Waals surface area contributed by atoms with Crippen molar-refractivity contribution in [2.75, 3.05) is 0 Å². The maximum atomic E-state index is 12.9. The highest BCUT2D eigenvalue weighted by molar-refractivity contribution is 5.91. The lowest BCUT2D eigenvalue weighted by Crippen LogP contribution is -2.37. The van der Waals surface area contributed by atoms with Crippen molar-refractivity contribution in [2.24, 2.45) is 14.1 Å². The second kappa shape index (κ2) is 9.04. The first-order chi connectivity index (χ1) is 14.3. The van der Waals surface area contributed by atoms with E-state index < -0.39 is 11.2 Å². The second-order valence-electron chi connectivity index (χ2n) is 6.59. The minimum atomic E-state index is -0.473. The number of amides is 1. The lowest BCUT2D eigenvalue weighted by Gasteiger charge is -2.07. The molecule has 3 rings (SSSR count). The van der Waals surface area contributed by atoms with Gasteiger partial charge in [-0.05, 0) is 48.0 Å². The second-order valence-corrected chi connectivity index (χ2v) is 6.59.